The summed E-state index contributed by atoms with van der Waals surface area (Å²) in [4.78, 5) is 4.10. The van der Waals surface area contributed by atoms with Crippen molar-refractivity contribution in [3.05, 3.63) is 18.3 Å². The summed E-state index contributed by atoms with van der Waals surface area (Å²) in [7, 11) is -3.53. The van der Waals surface area contributed by atoms with Gasteiger partial charge in [-0.25, -0.2) is 24.0 Å². The zero-order chi connectivity index (χ0) is 14.6. The van der Waals surface area contributed by atoms with E-state index in [9.17, 15) is 8.42 Å². The Kier molecular flexibility index (Phi) is 5.25. The molecule has 6 nitrogen and oxygen atoms in total. The number of nitrogen functional groups attached to an aromatic ring is 1. The molecule has 0 radical (unpaired) electrons. The Hall–Kier alpha value is -0.830. The number of pyridine rings is 1. The van der Waals surface area contributed by atoms with Gasteiger partial charge < -0.3 is 5.43 Å². The summed E-state index contributed by atoms with van der Waals surface area (Å²) in [5.74, 6) is 5.59. The summed E-state index contributed by atoms with van der Waals surface area (Å²) < 4.78 is 27.6. The summed E-state index contributed by atoms with van der Waals surface area (Å²) in [6, 6.07) is 2.89. The summed E-state index contributed by atoms with van der Waals surface area (Å²) in [5, 5.41) is 0.340. The average Bonchev–Trinajstić information content (AvgIpc) is 2.47. The van der Waals surface area contributed by atoms with Crippen LogP contribution in [-0.4, -0.2) is 30.9 Å². The maximum Gasteiger partial charge on any atom is 0.241 e. The Morgan fingerprint density at radius 1 is 1.40 bits per heavy atom. The van der Waals surface area contributed by atoms with Gasteiger partial charge in [0.15, 0.2) is 0 Å². The molecule has 1 fully saturated rings. The third-order valence-electron chi connectivity index (χ3n) is 3.50. The molecular weight excluding hydrogens is 296 g/mol. The van der Waals surface area contributed by atoms with Crippen LogP contribution in [0.1, 0.15) is 25.7 Å². The van der Waals surface area contributed by atoms with Crippen LogP contribution in [0.4, 0.5) is 5.82 Å². The Labute approximate surface area is 123 Å². The molecule has 0 bridgehead atoms. The van der Waals surface area contributed by atoms with Gasteiger partial charge in [-0.05, 0) is 25.2 Å². The van der Waals surface area contributed by atoms with E-state index in [1.165, 1.54) is 24.8 Å². The molecular formula is C12H20N4O2S2. The van der Waals surface area contributed by atoms with Gasteiger partial charge in [0.25, 0.3) is 0 Å². The van der Waals surface area contributed by atoms with Crippen molar-refractivity contribution in [3.63, 3.8) is 0 Å². The molecule has 0 amide bonds. The molecule has 8 heteroatoms. The van der Waals surface area contributed by atoms with Crippen molar-refractivity contribution in [1.82, 2.24) is 9.71 Å². The minimum Gasteiger partial charge on any atom is -0.308 e. The lowest BCUT2D eigenvalue weighted by molar-refractivity contribution is 0.423. The quantitative estimate of drug-likeness (QED) is 0.560. The van der Waals surface area contributed by atoms with E-state index in [0.29, 0.717) is 11.1 Å². The van der Waals surface area contributed by atoms with Crippen molar-refractivity contribution in [1.29, 1.82) is 0 Å². The zero-order valence-corrected chi connectivity index (χ0v) is 13.0. The fraction of sp³-hybridized carbons (Fsp3) is 0.583. The lowest BCUT2D eigenvalue weighted by Gasteiger charge is -2.30. The van der Waals surface area contributed by atoms with Crippen LogP contribution >= 0.6 is 11.8 Å². The van der Waals surface area contributed by atoms with Gasteiger partial charge in [0.1, 0.15) is 5.82 Å². The van der Waals surface area contributed by atoms with E-state index >= 15 is 0 Å². The molecule has 4 N–H and O–H groups in total. The highest BCUT2D eigenvalue weighted by Gasteiger charge is 2.29. The maximum absolute atomic E-state index is 12.4. The highest BCUT2D eigenvalue weighted by atomic mass is 32.2. The number of nitrogens with zero attached hydrogens (tertiary/aromatic N) is 1. The van der Waals surface area contributed by atoms with E-state index < -0.39 is 10.0 Å². The smallest absolute Gasteiger partial charge is 0.241 e. The number of hydrazine groups is 1. The van der Waals surface area contributed by atoms with Crippen molar-refractivity contribution < 1.29 is 8.42 Å². The zero-order valence-electron chi connectivity index (χ0n) is 11.4. The summed E-state index contributed by atoms with van der Waals surface area (Å²) in [6.07, 6.45) is 7.63. The van der Waals surface area contributed by atoms with Gasteiger partial charge in [-0.2, -0.15) is 11.8 Å². The van der Waals surface area contributed by atoms with Gasteiger partial charge in [-0.15, -0.1) is 0 Å². The van der Waals surface area contributed by atoms with Crippen LogP contribution in [0, 0.1) is 0 Å². The molecule has 1 aromatic rings. The summed E-state index contributed by atoms with van der Waals surface area (Å²) >= 11 is 1.73. The normalized spacial score (nSPS) is 23.5. The predicted octanol–water partition coefficient (Wildman–Crippen LogP) is 1.32. The maximum atomic E-state index is 12.4. The van der Waals surface area contributed by atoms with E-state index in [2.05, 4.69) is 15.1 Å². The van der Waals surface area contributed by atoms with Crippen LogP contribution in [0.15, 0.2) is 23.2 Å². The Morgan fingerprint density at radius 2 is 2.15 bits per heavy atom. The van der Waals surface area contributed by atoms with Gasteiger partial charge >= 0.3 is 0 Å². The monoisotopic (exact) mass is 316 g/mol. The molecule has 1 aliphatic carbocycles. The van der Waals surface area contributed by atoms with Crippen molar-refractivity contribution in [2.45, 2.75) is 41.9 Å². The number of hydrogen-bond acceptors (Lipinski definition) is 6. The van der Waals surface area contributed by atoms with Gasteiger partial charge in [-0.3, -0.25) is 0 Å². The van der Waals surface area contributed by atoms with Crippen molar-refractivity contribution in [2.24, 2.45) is 5.84 Å². The highest BCUT2D eigenvalue weighted by Crippen LogP contribution is 2.28. The Morgan fingerprint density at radius 3 is 2.85 bits per heavy atom. The van der Waals surface area contributed by atoms with E-state index in [1.54, 1.807) is 11.8 Å². The Balaban J connectivity index is 2.17. The standard InChI is InChI=1S/C12H20N4O2S2/c1-19-11-5-3-2-4-10(11)16-20(17,18)9-6-7-14-12(8-9)15-13/h6-8,10-11,16H,2-5,13H2,1H3,(H,14,15). The molecule has 0 aliphatic heterocycles. The van der Waals surface area contributed by atoms with Crippen molar-refractivity contribution in [2.75, 3.05) is 11.7 Å². The SMILES string of the molecule is CSC1CCCCC1NS(=O)(=O)c1ccnc(NN)c1. The molecule has 0 aromatic carbocycles. The number of sulfonamides is 1. The highest BCUT2D eigenvalue weighted by molar-refractivity contribution is 7.99. The van der Waals surface area contributed by atoms with E-state index in [0.717, 1.165) is 19.3 Å². The number of nitrogens with one attached hydrogen (secondary N) is 2. The number of nitrogens with two attached hydrogens (primary N) is 1. The first-order chi connectivity index (χ1) is 9.56. The number of hydrogen-bond donors (Lipinski definition) is 3. The predicted molar refractivity (Wildman–Crippen MR) is 81.9 cm³/mol. The lowest BCUT2D eigenvalue weighted by Crippen LogP contribution is -2.43. The molecule has 1 aliphatic rings. The molecule has 0 spiro atoms. The number of thioether (sulfide) groups is 1. The first-order valence-corrected chi connectivity index (χ1v) is 9.31. The topological polar surface area (TPSA) is 97.1 Å². The van der Waals surface area contributed by atoms with Crippen LogP contribution in [-0.2, 0) is 10.0 Å². The first-order valence-electron chi connectivity index (χ1n) is 6.54. The van der Waals surface area contributed by atoms with Gasteiger partial charge in [0.05, 0.1) is 4.90 Å². The fourth-order valence-corrected chi connectivity index (χ4v) is 4.78. The molecule has 2 unspecified atom stereocenters. The summed E-state index contributed by atoms with van der Waals surface area (Å²) in [5.41, 5.74) is 2.36. The number of aromatic nitrogens is 1. The van der Waals surface area contributed by atoms with Crippen LogP contribution in [0.5, 0.6) is 0 Å². The minimum absolute atomic E-state index is 0.00815. The molecule has 112 valence electrons. The van der Waals surface area contributed by atoms with Crippen molar-refractivity contribution >= 4 is 27.6 Å². The van der Waals surface area contributed by atoms with Crippen LogP contribution < -0.4 is 16.0 Å². The van der Waals surface area contributed by atoms with Gasteiger partial charge in [0, 0.05) is 23.6 Å². The van der Waals surface area contributed by atoms with Crippen LogP contribution in [0.3, 0.4) is 0 Å². The van der Waals surface area contributed by atoms with Crippen LogP contribution in [0.2, 0.25) is 0 Å². The number of rotatable bonds is 5. The van der Waals surface area contributed by atoms with Gasteiger partial charge in [0.2, 0.25) is 10.0 Å². The molecule has 1 heterocycles. The molecule has 2 rings (SSSR count). The molecule has 2 atom stereocenters. The largest absolute Gasteiger partial charge is 0.308 e. The second-order valence-electron chi connectivity index (χ2n) is 4.81. The van der Waals surface area contributed by atoms with E-state index in [4.69, 9.17) is 5.84 Å². The summed E-state index contributed by atoms with van der Waals surface area (Å²) in [6.45, 7) is 0. The average molecular weight is 316 g/mol. The second kappa shape index (κ2) is 6.75. The Bertz CT molecular complexity index is 550. The fourth-order valence-electron chi connectivity index (χ4n) is 2.44. The lowest BCUT2D eigenvalue weighted by atomic mass is 9.96. The molecule has 20 heavy (non-hydrogen) atoms. The van der Waals surface area contributed by atoms with Crippen LogP contribution in [0.25, 0.3) is 0 Å². The number of anilines is 1. The minimum atomic E-state index is -3.53. The first kappa shape index (κ1) is 15.6. The van der Waals surface area contributed by atoms with Crippen molar-refractivity contribution in [3.8, 4) is 0 Å². The molecule has 0 saturated heterocycles. The van der Waals surface area contributed by atoms with E-state index in [-0.39, 0.29) is 10.9 Å². The molecule has 1 aromatic heterocycles. The third kappa shape index (κ3) is 3.63. The van der Waals surface area contributed by atoms with E-state index in [1.807, 2.05) is 6.26 Å². The van der Waals surface area contributed by atoms with Gasteiger partial charge in [-0.1, -0.05) is 12.8 Å². The second-order valence-corrected chi connectivity index (χ2v) is 7.60. The molecule has 1 saturated carbocycles. The third-order valence-corrected chi connectivity index (χ3v) is 6.16.